The van der Waals surface area contributed by atoms with Crippen LogP contribution in [0.1, 0.15) is 34.1 Å². The van der Waals surface area contributed by atoms with Gasteiger partial charge in [0.25, 0.3) is 0 Å². The molecule has 0 fully saturated rings. The van der Waals surface area contributed by atoms with Gasteiger partial charge in [-0.1, -0.05) is 0 Å². The van der Waals surface area contributed by atoms with Crippen LogP contribution in [0.15, 0.2) is 0 Å². The monoisotopic (exact) mass is 316 g/mol. The molecule has 0 bridgehead atoms. The summed E-state index contributed by atoms with van der Waals surface area (Å²) >= 11 is 0. The van der Waals surface area contributed by atoms with Crippen molar-refractivity contribution in [2.45, 2.75) is 40.0 Å². The van der Waals surface area contributed by atoms with E-state index in [0.717, 1.165) is 0 Å². The minimum atomic E-state index is -3.11. The zero-order valence-electron chi connectivity index (χ0n) is 12.2. The minimum absolute atomic E-state index is 0.169. The second-order valence-corrected chi connectivity index (χ2v) is 9.11. The molecule has 0 aliphatic carbocycles. The SMILES string of the molecule is CCOP(=O)(CCCP(=O)(OCC)C(C)O)OCC. The molecular weight excluding hydrogens is 290 g/mol. The van der Waals surface area contributed by atoms with E-state index in [1.165, 1.54) is 6.92 Å². The van der Waals surface area contributed by atoms with Crippen LogP contribution in [0.4, 0.5) is 0 Å². The van der Waals surface area contributed by atoms with Crippen LogP contribution >= 0.6 is 15.0 Å². The number of hydrogen-bond acceptors (Lipinski definition) is 6. The van der Waals surface area contributed by atoms with E-state index in [9.17, 15) is 14.2 Å². The molecule has 0 aromatic carbocycles. The average Bonchev–Trinajstić information content (AvgIpc) is 2.29. The number of hydrogen-bond donors (Lipinski definition) is 1. The summed E-state index contributed by atoms with van der Waals surface area (Å²) in [6, 6.07) is 0. The van der Waals surface area contributed by atoms with E-state index in [2.05, 4.69) is 0 Å². The Balaban J connectivity index is 4.45. The van der Waals surface area contributed by atoms with Gasteiger partial charge in [-0.3, -0.25) is 9.13 Å². The molecule has 2 unspecified atom stereocenters. The van der Waals surface area contributed by atoms with E-state index in [1.807, 2.05) is 0 Å². The van der Waals surface area contributed by atoms with Crippen LogP contribution in [-0.4, -0.2) is 43.1 Å². The first-order valence-corrected chi connectivity index (χ1v) is 10.2. The normalized spacial score (nSPS) is 17.1. The molecule has 2 atom stereocenters. The summed E-state index contributed by atoms with van der Waals surface area (Å²) < 4.78 is 39.9. The highest BCUT2D eigenvalue weighted by Crippen LogP contribution is 2.54. The van der Waals surface area contributed by atoms with Crippen LogP contribution in [0.2, 0.25) is 0 Å². The van der Waals surface area contributed by atoms with Crippen LogP contribution in [0.3, 0.4) is 0 Å². The fourth-order valence-electron chi connectivity index (χ4n) is 1.62. The summed E-state index contributed by atoms with van der Waals surface area (Å²) in [6.45, 7) is 7.53. The van der Waals surface area contributed by atoms with Crippen molar-refractivity contribution in [3.05, 3.63) is 0 Å². The van der Waals surface area contributed by atoms with Gasteiger partial charge in [-0.2, -0.15) is 0 Å². The summed E-state index contributed by atoms with van der Waals surface area (Å²) in [5.41, 5.74) is 0. The van der Waals surface area contributed by atoms with Crippen molar-refractivity contribution in [2.75, 3.05) is 32.1 Å². The first-order valence-electron chi connectivity index (χ1n) is 6.63. The van der Waals surface area contributed by atoms with Crippen molar-refractivity contribution in [1.82, 2.24) is 0 Å². The zero-order chi connectivity index (χ0) is 14.9. The van der Waals surface area contributed by atoms with E-state index in [1.54, 1.807) is 20.8 Å². The molecule has 0 rings (SSSR count). The van der Waals surface area contributed by atoms with Crippen LogP contribution in [-0.2, 0) is 22.7 Å². The lowest BCUT2D eigenvalue weighted by atomic mass is 10.6. The molecule has 0 spiro atoms. The van der Waals surface area contributed by atoms with Crippen molar-refractivity contribution < 1.29 is 27.8 Å². The van der Waals surface area contributed by atoms with Gasteiger partial charge in [-0.25, -0.2) is 0 Å². The molecule has 0 aliphatic heterocycles. The van der Waals surface area contributed by atoms with Gasteiger partial charge in [0, 0.05) is 6.16 Å². The van der Waals surface area contributed by atoms with E-state index in [4.69, 9.17) is 13.6 Å². The van der Waals surface area contributed by atoms with Crippen LogP contribution in [0.25, 0.3) is 0 Å². The molecule has 0 aromatic heterocycles. The quantitative estimate of drug-likeness (QED) is 0.589. The van der Waals surface area contributed by atoms with Gasteiger partial charge >= 0.3 is 7.60 Å². The topological polar surface area (TPSA) is 82.1 Å². The molecule has 0 radical (unpaired) electrons. The third kappa shape index (κ3) is 7.03. The molecular formula is C11H26O6P2. The number of aliphatic hydroxyl groups is 1. The largest absolute Gasteiger partial charge is 0.383 e. The Morgan fingerprint density at radius 1 is 0.947 bits per heavy atom. The van der Waals surface area contributed by atoms with Crippen molar-refractivity contribution >= 4 is 15.0 Å². The lowest BCUT2D eigenvalue weighted by molar-refractivity contribution is 0.218. The highest BCUT2D eigenvalue weighted by atomic mass is 31.2. The highest BCUT2D eigenvalue weighted by molar-refractivity contribution is 7.59. The third-order valence-corrected chi connectivity index (χ3v) is 7.41. The molecule has 0 aliphatic rings. The van der Waals surface area contributed by atoms with E-state index < -0.39 is 20.8 Å². The summed E-state index contributed by atoms with van der Waals surface area (Å²) in [5, 5.41) is 9.52. The van der Waals surface area contributed by atoms with Crippen LogP contribution in [0, 0.1) is 0 Å². The molecule has 8 heteroatoms. The second-order valence-electron chi connectivity index (χ2n) is 4.02. The summed E-state index contributed by atoms with van der Waals surface area (Å²) in [6.07, 6.45) is 0.709. The van der Waals surface area contributed by atoms with Crippen molar-refractivity contribution in [2.24, 2.45) is 0 Å². The van der Waals surface area contributed by atoms with Crippen LogP contribution < -0.4 is 0 Å². The van der Waals surface area contributed by atoms with E-state index >= 15 is 0 Å². The second kappa shape index (κ2) is 9.28. The zero-order valence-corrected chi connectivity index (χ0v) is 14.0. The lowest BCUT2D eigenvalue weighted by Crippen LogP contribution is -2.10. The maximum Gasteiger partial charge on any atom is 0.330 e. The Kier molecular flexibility index (Phi) is 9.42. The van der Waals surface area contributed by atoms with Gasteiger partial charge in [0.2, 0.25) is 7.37 Å². The Bertz CT molecular complexity index is 321. The molecule has 0 saturated heterocycles. The molecule has 0 heterocycles. The Morgan fingerprint density at radius 2 is 1.42 bits per heavy atom. The Hall–Kier alpha value is 0.300. The first-order chi connectivity index (χ1) is 8.83. The van der Waals surface area contributed by atoms with Crippen LogP contribution in [0.5, 0.6) is 0 Å². The van der Waals surface area contributed by atoms with Gasteiger partial charge in [-0.15, -0.1) is 0 Å². The predicted octanol–water partition coefficient (Wildman–Crippen LogP) is 3.30. The molecule has 0 amide bonds. The minimum Gasteiger partial charge on any atom is -0.383 e. The first kappa shape index (κ1) is 19.3. The standard InChI is InChI=1S/C11H26O6P2/c1-5-15-18(13,11(4)12)9-8-10-19(14,16-6-2)17-7-3/h11-12H,5-10H2,1-4H3. The fourth-order valence-corrected chi connectivity index (χ4v) is 5.29. The average molecular weight is 316 g/mol. The van der Waals surface area contributed by atoms with E-state index in [0.29, 0.717) is 19.6 Å². The molecule has 19 heavy (non-hydrogen) atoms. The van der Waals surface area contributed by atoms with E-state index in [-0.39, 0.29) is 18.9 Å². The van der Waals surface area contributed by atoms with Gasteiger partial charge in [0.15, 0.2) is 0 Å². The maximum absolute atomic E-state index is 12.3. The third-order valence-electron chi connectivity index (χ3n) is 2.47. The van der Waals surface area contributed by atoms with Gasteiger partial charge in [-0.05, 0) is 34.1 Å². The van der Waals surface area contributed by atoms with Crippen molar-refractivity contribution in [3.63, 3.8) is 0 Å². The fraction of sp³-hybridized carbons (Fsp3) is 1.00. The molecule has 116 valence electrons. The number of aliphatic hydroxyl groups excluding tert-OH is 1. The van der Waals surface area contributed by atoms with Gasteiger partial charge < -0.3 is 18.7 Å². The summed E-state index contributed by atoms with van der Waals surface area (Å²) in [5.74, 6) is -1.02. The van der Waals surface area contributed by atoms with Crippen molar-refractivity contribution in [1.29, 1.82) is 0 Å². The summed E-state index contributed by atoms with van der Waals surface area (Å²) in [7, 11) is -6.20. The molecule has 1 N–H and O–H groups in total. The van der Waals surface area contributed by atoms with Gasteiger partial charge in [0.1, 0.15) is 5.85 Å². The van der Waals surface area contributed by atoms with Gasteiger partial charge in [0.05, 0.1) is 26.0 Å². The van der Waals surface area contributed by atoms with Crippen molar-refractivity contribution in [3.8, 4) is 0 Å². The summed E-state index contributed by atoms with van der Waals surface area (Å²) in [4.78, 5) is 0. The number of rotatable bonds is 11. The molecule has 0 aromatic rings. The predicted molar refractivity (Wildman–Crippen MR) is 76.1 cm³/mol. The molecule has 0 saturated carbocycles. The highest BCUT2D eigenvalue weighted by Gasteiger charge is 2.31. The smallest absolute Gasteiger partial charge is 0.330 e. The Labute approximate surface area is 115 Å². The maximum atomic E-state index is 12.3. The Morgan fingerprint density at radius 3 is 1.79 bits per heavy atom. The lowest BCUT2D eigenvalue weighted by Gasteiger charge is -2.22. The molecule has 6 nitrogen and oxygen atoms in total.